The van der Waals surface area contributed by atoms with E-state index in [2.05, 4.69) is 11.4 Å². The van der Waals surface area contributed by atoms with E-state index in [1.807, 2.05) is 89.8 Å². The first-order chi connectivity index (χ1) is 15.6. The molecule has 0 bridgehead atoms. The summed E-state index contributed by atoms with van der Waals surface area (Å²) in [5.41, 5.74) is 6.03. The summed E-state index contributed by atoms with van der Waals surface area (Å²) in [7, 11) is 1.59. The highest BCUT2D eigenvalue weighted by Crippen LogP contribution is 2.31. The fourth-order valence-corrected chi connectivity index (χ4v) is 4.41. The van der Waals surface area contributed by atoms with Crippen LogP contribution in [0.2, 0.25) is 0 Å². The van der Waals surface area contributed by atoms with Gasteiger partial charge in [0.25, 0.3) is 5.91 Å². The molecule has 0 unspecified atom stereocenters. The molecular weight excluding hydrogens is 418 g/mol. The molecule has 0 saturated carbocycles. The molecule has 0 aliphatic heterocycles. The van der Waals surface area contributed by atoms with Crippen molar-refractivity contribution in [2.24, 2.45) is 0 Å². The van der Waals surface area contributed by atoms with Crippen LogP contribution in [0.4, 0.5) is 5.69 Å². The van der Waals surface area contributed by atoms with Crippen molar-refractivity contribution in [1.82, 2.24) is 9.38 Å². The number of rotatable bonds is 5. The highest BCUT2D eigenvalue weighted by atomic mass is 32.1. The summed E-state index contributed by atoms with van der Waals surface area (Å²) < 4.78 is 7.48. The molecule has 5 nitrogen and oxygen atoms in total. The molecule has 0 aliphatic carbocycles. The fraction of sp³-hybridized carbons (Fsp3) is 0.0769. The topological polar surface area (TPSA) is 55.6 Å². The van der Waals surface area contributed by atoms with Gasteiger partial charge in [-0.05, 0) is 65.9 Å². The van der Waals surface area contributed by atoms with Crippen LogP contribution in [0.1, 0.15) is 15.9 Å². The molecule has 6 heteroatoms. The van der Waals surface area contributed by atoms with Gasteiger partial charge in [-0.1, -0.05) is 24.3 Å². The highest BCUT2D eigenvalue weighted by molar-refractivity contribution is 7.13. The minimum atomic E-state index is -0.191. The molecule has 1 amide bonds. The Morgan fingerprint density at radius 2 is 1.84 bits per heavy atom. The maximum Gasteiger partial charge on any atom is 0.255 e. The van der Waals surface area contributed by atoms with Crippen LogP contribution in [0.3, 0.4) is 0 Å². The third-order valence-corrected chi connectivity index (χ3v) is 6.29. The molecule has 0 spiro atoms. The Kier molecular flexibility index (Phi) is 5.21. The lowest BCUT2D eigenvalue weighted by Crippen LogP contribution is -2.12. The Hall–Kier alpha value is -3.90. The average molecular weight is 440 g/mol. The lowest BCUT2D eigenvalue weighted by molar-refractivity contribution is 0.102. The maximum absolute atomic E-state index is 12.9. The van der Waals surface area contributed by atoms with E-state index in [9.17, 15) is 4.79 Å². The number of methoxy groups -OCH3 is 1. The van der Waals surface area contributed by atoms with E-state index >= 15 is 0 Å². The average Bonchev–Trinajstić information content (AvgIpc) is 3.50. The summed E-state index contributed by atoms with van der Waals surface area (Å²) in [4.78, 5) is 18.9. The van der Waals surface area contributed by atoms with Crippen molar-refractivity contribution in [3.63, 3.8) is 0 Å². The Morgan fingerprint density at radius 3 is 2.56 bits per heavy atom. The normalized spacial score (nSPS) is 10.9. The Labute approximate surface area is 190 Å². The second-order valence-corrected chi connectivity index (χ2v) is 8.42. The molecule has 5 rings (SSSR count). The van der Waals surface area contributed by atoms with Gasteiger partial charge in [-0.3, -0.25) is 4.79 Å². The number of ether oxygens (including phenoxy) is 1. The number of imidazole rings is 1. The SMILES string of the molecule is COc1ccc(-c2cn3cccc(C)c3n2)cc1NC(=O)c1ccc(-c2cccs2)cc1. The van der Waals surface area contributed by atoms with Gasteiger partial charge in [0.2, 0.25) is 0 Å². The van der Waals surface area contributed by atoms with Crippen molar-refractivity contribution in [2.45, 2.75) is 6.92 Å². The van der Waals surface area contributed by atoms with Gasteiger partial charge in [0.1, 0.15) is 11.4 Å². The molecule has 0 aliphatic rings. The molecule has 0 radical (unpaired) electrons. The molecule has 0 atom stereocenters. The number of carbonyl (C=O) groups excluding carboxylic acids is 1. The predicted octanol–water partition coefficient (Wildman–Crippen LogP) is 6.30. The number of amides is 1. The van der Waals surface area contributed by atoms with Crippen molar-refractivity contribution in [3.8, 4) is 27.4 Å². The van der Waals surface area contributed by atoms with E-state index in [-0.39, 0.29) is 5.91 Å². The first kappa shape index (κ1) is 20.0. The van der Waals surface area contributed by atoms with Crippen LogP contribution in [0.5, 0.6) is 5.75 Å². The smallest absolute Gasteiger partial charge is 0.255 e. The van der Waals surface area contributed by atoms with E-state index in [0.717, 1.165) is 28.0 Å². The monoisotopic (exact) mass is 439 g/mol. The van der Waals surface area contributed by atoms with Crippen LogP contribution in [0, 0.1) is 6.92 Å². The summed E-state index contributed by atoms with van der Waals surface area (Å²) in [6, 6.07) is 21.4. The second kappa shape index (κ2) is 8.32. The number of hydrogen-bond acceptors (Lipinski definition) is 4. The zero-order valence-corrected chi connectivity index (χ0v) is 18.5. The molecule has 0 saturated heterocycles. The predicted molar refractivity (Wildman–Crippen MR) is 130 cm³/mol. The van der Waals surface area contributed by atoms with E-state index in [4.69, 9.17) is 9.72 Å². The minimum Gasteiger partial charge on any atom is -0.495 e. The standard InChI is InChI=1S/C26H21N3O2S/c1-17-5-3-13-29-16-22(27-25(17)29)20-11-12-23(31-2)21(15-20)28-26(30)19-9-7-18(8-10-19)24-6-4-14-32-24/h3-16H,1-2H3,(H,28,30). The zero-order chi connectivity index (χ0) is 22.1. The minimum absolute atomic E-state index is 0.191. The van der Waals surface area contributed by atoms with E-state index in [1.54, 1.807) is 18.4 Å². The number of fused-ring (bicyclic) bond motifs is 1. The van der Waals surface area contributed by atoms with E-state index in [1.165, 1.54) is 4.88 Å². The number of hydrogen-bond donors (Lipinski definition) is 1. The summed E-state index contributed by atoms with van der Waals surface area (Å²) in [5, 5.41) is 5.03. The molecule has 158 valence electrons. The Balaban J connectivity index is 1.43. The van der Waals surface area contributed by atoms with Crippen LogP contribution in [-0.2, 0) is 0 Å². The van der Waals surface area contributed by atoms with Gasteiger partial charge in [0.05, 0.1) is 18.5 Å². The number of nitrogens with zero attached hydrogens (tertiary/aromatic N) is 2. The fourth-order valence-electron chi connectivity index (χ4n) is 3.68. The number of pyridine rings is 1. The van der Waals surface area contributed by atoms with Crippen LogP contribution < -0.4 is 10.1 Å². The van der Waals surface area contributed by atoms with Crippen LogP contribution >= 0.6 is 11.3 Å². The maximum atomic E-state index is 12.9. The van der Waals surface area contributed by atoms with Crippen molar-refractivity contribution in [3.05, 3.63) is 95.6 Å². The van der Waals surface area contributed by atoms with Crippen LogP contribution in [0.25, 0.3) is 27.3 Å². The summed E-state index contributed by atoms with van der Waals surface area (Å²) in [6.45, 7) is 2.04. The van der Waals surface area contributed by atoms with Gasteiger partial charge in [-0.25, -0.2) is 4.98 Å². The van der Waals surface area contributed by atoms with E-state index < -0.39 is 0 Å². The number of carbonyl (C=O) groups is 1. The van der Waals surface area contributed by atoms with Gasteiger partial charge in [-0.15, -0.1) is 11.3 Å². The summed E-state index contributed by atoms with van der Waals surface area (Å²) in [5.74, 6) is 0.404. The van der Waals surface area contributed by atoms with Crippen molar-refractivity contribution < 1.29 is 9.53 Å². The number of benzene rings is 2. The third kappa shape index (κ3) is 3.76. The van der Waals surface area contributed by atoms with Crippen LogP contribution in [0.15, 0.2) is 84.5 Å². The Morgan fingerprint density at radius 1 is 1.03 bits per heavy atom. The molecule has 0 fully saturated rings. The first-order valence-corrected chi connectivity index (χ1v) is 11.1. The molecule has 2 aromatic carbocycles. The molecular formula is C26H21N3O2S. The van der Waals surface area contributed by atoms with Crippen molar-refractivity contribution >= 4 is 28.6 Å². The molecule has 5 aromatic rings. The van der Waals surface area contributed by atoms with Crippen LogP contribution in [-0.4, -0.2) is 22.4 Å². The number of thiophene rings is 1. The lowest BCUT2D eigenvalue weighted by atomic mass is 10.1. The van der Waals surface area contributed by atoms with E-state index in [0.29, 0.717) is 17.0 Å². The first-order valence-electron chi connectivity index (χ1n) is 10.2. The van der Waals surface area contributed by atoms with Gasteiger partial charge in [-0.2, -0.15) is 0 Å². The number of aryl methyl sites for hydroxylation is 1. The number of nitrogens with one attached hydrogen (secondary N) is 1. The van der Waals surface area contributed by atoms with Gasteiger partial charge < -0.3 is 14.5 Å². The largest absolute Gasteiger partial charge is 0.495 e. The van der Waals surface area contributed by atoms with Gasteiger partial charge >= 0.3 is 0 Å². The highest BCUT2D eigenvalue weighted by Gasteiger charge is 2.13. The quantitative estimate of drug-likeness (QED) is 0.350. The second-order valence-electron chi connectivity index (χ2n) is 7.47. The summed E-state index contributed by atoms with van der Waals surface area (Å²) in [6.07, 6.45) is 3.96. The zero-order valence-electron chi connectivity index (χ0n) is 17.7. The molecule has 3 aromatic heterocycles. The third-order valence-electron chi connectivity index (χ3n) is 5.37. The van der Waals surface area contributed by atoms with Gasteiger partial charge in [0.15, 0.2) is 0 Å². The van der Waals surface area contributed by atoms with Crippen molar-refractivity contribution in [1.29, 1.82) is 0 Å². The number of aromatic nitrogens is 2. The molecule has 1 N–H and O–H groups in total. The summed E-state index contributed by atoms with van der Waals surface area (Å²) >= 11 is 1.67. The van der Waals surface area contributed by atoms with Crippen molar-refractivity contribution in [2.75, 3.05) is 12.4 Å². The van der Waals surface area contributed by atoms with Gasteiger partial charge in [0, 0.05) is 28.4 Å². The Bertz CT molecular complexity index is 1400. The number of anilines is 1. The molecule has 3 heterocycles. The lowest BCUT2D eigenvalue weighted by Gasteiger charge is -2.12. The molecule has 32 heavy (non-hydrogen) atoms.